The van der Waals surface area contributed by atoms with E-state index < -0.39 is 0 Å². The third-order valence-electron chi connectivity index (χ3n) is 4.64. The van der Waals surface area contributed by atoms with Crippen LogP contribution in [0.4, 0.5) is 5.69 Å². The van der Waals surface area contributed by atoms with E-state index >= 15 is 0 Å². The molecule has 1 aliphatic rings. The van der Waals surface area contributed by atoms with Gasteiger partial charge in [0.2, 0.25) is 11.8 Å². The normalized spacial score (nSPS) is 13.7. The van der Waals surface area contributed by atoms with E-state index in [4.69, 9.17) is 0 Å². The molecule has 8 nitrogen and oxygen atoms in total. The summed E-state index contributed by atoms with van der Waals surface area (Å²) in [6.07, 6.45) is 1.58. The average Bonchev–Trinajstić information content (AvgIpc) is 2.76. The average molecular weight is 428 g/mol. The Labute approximate surface area is 179 Å². The summed E-state index contributed by atoms with van der Waals surface area (Å²) in [5.41, 5.74) is 1.18. The number of rotatable bonds is 8. The predicted molar refractivity (Wildman–Crippen MR) is 118 cm³/mol. The van der Waals surface area contributed by atoms with Crippen LogP contribution in [0.15, 0.2) is 59.0 Å². The van der Waals surface area contributed by atoms with Crippen molar-refractivity contribution in [2.75, 3.05) is 43.4 Å². The highest BCUT2D eigenvalue weighted by Gasteiger charge is 2.21. The molecule has 2 N–H and O–H groups in total. The van der Waals surface area contributed by atoms with Gasteiger partial charge in [-0.2, -0.15) is 0 Å². The van der Waals surface area contributed by atoms with Gasteiger partial charge in [0, 0.05) is 44.5 Å². The molecule has 1 aliphatic heterocycles. The molecule has 2 aromatic rings. The third kappa shape index (κ3) is 6.21. The van der Waals surface area contributed by atoms with Gasteiger partial charge >= 0.3 is 0 Å². The maximum absolute atomic E-state index is 12.6. The molecule has 0 bridgehead atoms. The SMILES string of the molecule is C=CCNC(=O)Cc1cc(=O)[nH]c(SCC(=O)N2CCN(c3ccccc3)CC2)n1. The number of thioether (sulfide) groups is 1. The minimum atomic E-state index is -0.344. The molecule has 0 spiro atoms. The van der Waals surface area contributed by atoms with Crippen molar-refractivity contribution >= 4 is 29.3 Å². The number of anilines is 1. The van der Waals surface area contributed by atoms with Crippen LogP contribution in [0.3, 0.4) is 0 Å². The Morgan fingerprint density at radius 2 is 1.93 bits per heavy atom. The predicted octanol–water partition coefficient (Wildman–Crippen LogP) is 1.06. The molecule has 3 rings (SSSR count). The molecular formula is C21H25N5O3S. The van der Waals surface area contributed by atoms with Gasteiger partial charge in [0.05, 0.1) is 17.9 Å². The van der Waals surface area contributed by atoms with Crippen LogP contribution in [0.5, 0.6) is 0 Å². The molecule has 1 saturated heterocycles. The first-order chi connectivity index (χ1) is 14.5. The minimum absolute atomic E-state index is 0.000706. The Kier molecular flexibility index (Phi) is 7.67. The Morgan fingerprint density at radius 1 is 1.20 bits per heavy atom. The van der Waals surface area contributed by atoms with Crippen LogP contribution in [0.25, 0.3) is 0 Å². The lowest BCUT2D eigenvalue weighted by molar-refractivity contribution is -0.128. The number of aromatic nitrogens is 2. The molecule has 2 amide bonds. The Hall–Kier alpha value is -3.07. The Bertz CT molecular complexity index is 939. The first-order valence-electron chi connectivity index (χ1n) is 9.73. The van der Waals surface area contributed by atoms with Gasteiger partial charge in [-0.1, -0.05) is 36.0 Å². The van der Waals surface area contributed by atoms with Crippen molar-refractivity contribution in [3.05, 3.63) is 65.1 Å². The number of benzene rings is 1. The van der Waals surface area contributed by atoms with Crippen molar-refractivity contribution in [1.82, 2.24) is 20.2 Å². The minimum Gasteiger partial charge on any atom is -0.368 e. The second-order valence-corrected chi connectivity index (χ2v) is 7.77. The van der Waals surface area contributed by atoms with Crippen LogP contribution in [0.2, 0.25) is 0 Å². The van der Waals surface area contributed by atoms with Gasteiger partial charge in [0.25, 0.3) is 5.56 Å². The van der Waals surface area contributed by atoms with Crippen molar-refractivity contribution in [3.8, 4) is 0 Å². The van der Waals surface area contributed by atoms with Gasteiger partial charge in [0.15, 0.2) is 5.16 Å². The number of carbonyl (C=O) groups is 2. The van der Waals surface area contributed by atoms with E-state index in [2.05, 4.69) is 38.9 Å². The summed E-state index contributed by atoms with van der Waals surface area (Å²) in [4.78, 5) is 47.3. The number of aromatic amines is 1. The number of piperazine rings is 1. The topological polar surface area (TPSA) is 98.4 Å². The van der Waals surface area contributed by atoms with E-state index in [9.17, 15) is 14.4 Å². The first kappa shape index (κ1) is 21.6. The zero-order valence-electron chi connectivity index (χ0n) is 16.7. The number of hydrogen-bond acceptors (Lipinski definition) is 6. The lowest BCUT2D eigenvalue weighted by Crippen LogP contribution is -2.49. The smallest absolute Gasteiger partial charge is 0.251 e. The zero-order chi connectivity index (χ0) is 21.3. The lowest BCUT2D eigenvalue weighted by Gasteiger charge is -2.36. The van der Waals surface area contributed by atoms with Gasteiger partial charge in [0.1, 0.15) is 0 Å². The summed E-state index contributed by atoms with van der Waals surface area (Å²) in [5.74, 6) is -0.0544. The fourth-order valence-corrected chi connectivity index (χ4v) is 3.93. The number of hydrogen-bond donors (Lipinski definition) is 2. The molecule has 30 heavy (non-hydrogen) atoms. The Balaban J connectivity index is 1.50. The van der Waals surface area contributed by atoms with Gasteiger partial charge in [-0.25, -0.2) is 4.98 Å². The highest BCUT2D eigenvalue weighted by Crippen LogP contribution is 2.17. The van der Waals surface area contributed by atoms with Gasteiger partial charge < -0.3 is 20.1 Å². The van der Waals surface area contributed by atoms with Crippen LogP contribution in [0, 0.1) is 0 Å². The van der Waals surface area contributed by atoms with Crippen molar-refractivity contribution in [2.24, 2.45) is 0 Å². The standard InChI is InChI=1S/C21H25N5O3S/c1-2-8-22-18(27)13-16-14-19(28)24-21(23-16)30-15-20(29)26-11-9-25(10-12-26)17-6-4-3-5-7-17/h2-7,14H,1,8-13,15H2,(H,22,27)(H,23,24,28). The zero-order valence-corrected chi connectivity index (χ0v) is 17.5. The van der Waals surface area contributed by atoms with E-state index in [1.54, 1.807) is 6.08 Å². The molecular weight excluding hydrogens is 402 g/mol. The second-order valence-electron chi connectivity index (χ2n) is 6.80. The molecule has 1 aromatic heterocycles. The number of nitrogens with zero attached hydrogens (tertiary/aromatic N) is 3. The molecule has 0 saturated carbocycles. The van der Waals surface area contributed by atoms with Crippen LogP contribution in [-0.2, 0) is 16.0 Å². The summed E-state index contributed by atoms with van der Waals surface area (Å²) in [7, 11) is 0. The maximum atomic E-state index is 12.6. The van der Waals surface area contributed by atoms with E-state index in [1.165, 1.54) is 17.8 Å². The quantitative estimate of drug-likeness (QED) is 0.371. The molecule has 0 unspecified atom stereocenters. The van der Waals surface area contributed by atoms with Crippen LogP contribution in [0.1, 0.15) is 5.69 Å². The van der Waals surface area contributed by atoms with Crippen molar-refractivity contribution < 1.29 is 9.59 Å². The van der Waals surface area contributed by atoms with Crippen molar-refractivity contribution in [2.45, 2.75) is 11.6 Å². The molecule has 0 radical (unpaired) electrons. The first-order valence-corrected chi connectivity index (χ1v) is 10.7. The summed E-state index contributed by atoms with van der Waals surface area (Å²) >= 11 is 1.17. The molecule has 0 aliphatic carbocycles. The van der Waals surface area contributed by atoms with Crippen LogP contribution >= 0.6 is 11.8 Å². The summed E-state index contributed by atoms with van der Waals surface area (Å²) in [6.45, 7) is 6.77. The molecule has 0 atom stereocenters. The highest BCUT2D eigenvalue weighted by molar-refractivity contribution is 7.99. The van der Waals surface area contributed by atoms with Crippen LogP contribution in [-0.4, -0.2) is 65.2 Å². The van der Waals surface area contributed by atoms with E-state index in [1.807, 2.05) is 23.1 Å². The second kappa shape index (κ2) is 10.6. The number of nitrogens with one attached hydrogen (secondary N) is 2. The fraction of sp³-hybridized carbons (Fsp3) is 0.333. The molecule has 9 heteroatoms. The van der Waals surface area contributed by atoms with E-state index in [-0.39, 0.29) is 29.5 Å². The monoisotopic (exact) mass is 427 g/mol. The number of H-pyrrole nitrogens is 1. The van der Waals surface area contributed by atoms with Gasteiger partial charge in [-0.05, 0) is 12.1 Å². The van der Waals surface area contributed by atoms with Crippen molar-refractivity contribution in [1.29, 1.82) is 0 Å². The van der Waals surface area contributed by atoms with E-state index in [0.29, 0.717) is 30.5 Å². The summed E-state index contributed by atoms with van der Waals surface area (Å²) < 4.78 is 0. The number of para-hydroxylation sites is 1. The fourth-order valence-electron chi connectivity index (χ4n) is 3.13. The van der Waals surface area contributed by atoms with E-state index in [0.717, 1.165) is 18.8 Å². The van der Waals surface area contributed by atoms with Crippen LogP contribution < -0.4 is 15.8 Å². The van der Waals surface area contributed by atoms with Crippen molar-refractivity contribution in [3.63, 3.8) is 0 Å². The number of carbonyl (C=O) groups excluding carboxylic acids is 2. The lowest BCUT2D eigenvalue weighted by atomic mass is 10.2. The van der Waals surface area contributed by atoms with Gasteiger partial charge in [-0.3, -0.25) is 14.4 Å². The summed E-state index contributed by atoms with van der Waals surface area (Å²) in [5, 5.41) is 2.99. The summed E-state index contributed by atoms with van der Waals surface area (Å²) in [6, 6.07) is 11.4. The maximum Gasteiger partial charge on any atom is 0.251 e. The Morgan fingerprint density at radius 3 is 2.63 bits per heavy atom. The third-order valence-corrected chi connectivity index (χ3v) is 5.50. The molecule has 158 valence electrons. The molecule has 1 aromatic carbocycles. The van der Waals surface area contributed by atoms with Gasteiger partial charge in [-0.15, -0.1) is 6.58 Å². The highest BCUT2D eigenvalue weighted by atomic mass is 32.2. The molecule has 2 heterocycles. The largest absolute Gasteiger partial charge is 0.368 e. The number of amides is 2. The molecule has 1 fully saturated rings.